The summed E-state index contributed by atoms with van der Waals surface area (Å²) in [4.78, 5) is 1.60. The van der Waals surface area contributed by atoms with Crippen LogP contribution in [0.15, 0.2) is 11.4 Å². The minimum atomic E-state index is 0.906. The Hall–Kier alpha value is -0.340. The van der Waals surface area contributed by atoms with Crippen molar-refractivity contribution >= 4 is 11.3 Å². The molecule has 0 saturated carbocycles. The van der Waals surface area contributed by atoms with Crippen molar-refractivity contribution in [3.8, 4) is 0 Å². The molecule has 0 radical (unpaired) electrons. The van der Waals surface area contributed by atoms with Crippen LogP contribution < -0.4 is 0 Å². The van der Waals surface area contributed by atoms with Gasteiger partial charge in [0.15, 0.2) is 0 Å². The van der Waals surface area contributed by atoms with Gasteiger partial charge in [-0.15, -0.1) is 11.3 Å². The van der Waals surface area contributed by atoms with E-state index in [1.54, 1.807) is 4.88 Å². The average molecular weight is 224 g/mol. The Kier molecular flexibility index (Phi) is 4.68. The molecule has 0 atom stereocenters. The molecule has 84 valence electrons. The Morgan fingerprint density at radius 2 is 1.80 bits per heavy atom. The quantitative estimate of drug-likeness (QED) is 0.651. The van der Waals surface area contributed by atoms with E-state index in [1.165, 1.54) is 44.1 Å². The van der Waals surface area contributed by atoms with E-state index in [4.69, 9.17) is 4.74 Å². The van der Waals surface area contributed by atoms with Crippen LogP contribution in [0.5, 0.6) is 0 Å². The van der Waals surface area contributed by atoms with Gasteiger partial charge in [0.2, 0.25) is 0 Å². The van der Waals surface area contributed by atoms with Crippen molar-refractivity contribution in [2.45, 2.75) is 44.9 Å². The predicted octanol–water partition coefficient (Wildman–Crippen LogP) is 3.81. The first kappa shape index (κ1) is 11.2. The number of ether oxygens (including phenoxy) is 1. The van der Waals surface area contributed by atoms with E-state index in [1.807, 2.05) is 11.3 Å². The summed E-state index contributed by atoms with van der Waals surface area (Å²) < 4.78 is 5.64. The maximum absolute atomic E-state index is 5.64. The van der Waals surface area contributed by atoms with Crippen LogP contribution in [-0.2, 0) is 17.6 Å². The summed E-state index contributed by atoms with van der Waals surface area (Å²) in [6, 6.07) is 2.27. The molecule has 2 heterocycles. The van der Waals surface area contributed by atoms with Crippen LogP contribution in [0.1, 0.15) is 42.5 Å². The topological polar surface area (TPSA) is 9.23 Å². The maximum atomic E-state index is 5.64. The van der Waals surface area contributed by atoms with Crippen molar-refractivity contribution in [3.63, 3.8) is 0 Å². The van der Waals surface area contributed by atoms with Crippen LogP contribution in [0.4, 0.5) is 0 Å². The smallest absolute Gasteiger partial charge is 0.0506 e. The highest BCUT2D eigenvalue weighted by Crippen LogP contribution is 2.21. The first-order valence-electron chi connectivity index (χ1n) is 6.10. The zero-order valence-corrected chi connectivity index (χ0v) is 10.2. The third-order valence-electron chi connectivity index (χ3n) is 3.05. The molecule has 0 saturated heterocycles. The van der Waals surface area contributed by atoms with E-state index < -0.39 is 0 Å². The first-order chi connectivity index (χ1) is 7.47. The van der Waals surface area contributed by atoms with Gasteiger partial charge in [0.1, 0.15) is 0 Å². The van der Waals surface area contributed by atoms with Gasteiger partial charge in [-0.3, -0.25) is 0 Å². The Balaban J connectivity index is 1.92. The second-order valence-electron chi connectivity index (χ2n) is 4.25. The molecule has 1 aromatic heterocycles. The lowest BCUT2D eigenvalue weighted by atomic mass is 10.1. The molecule has 1 aromatic rings. The van der Waals surface area contributed by atoms with Gasteiger partial charge in [-0.05, 0) is 42.7 Å². The summed E-state index contributed by atoms with van der Waals surface area (Å²) in [6.45, 7) is 1.86. The first-order valence-corrected chi connectivity index (χ1v) is 6.98. The van der Waals surface area contributed by atoms with Gasteiger partial charge in [0.25, 0.3) is 0 Å². The lowest BCUT2D eigenvalue weighted by Crippen LogP contribution is -2.02. The molecule has 15 heavy (non-hydrogen) atoms. The highest BCUT2D eigenvalue weighted by molar-refractivity contribution is 7.10. The normalized spacial score (nSPS) is 20.0. The van der Waals surface area contributed by atoms with Crippen molar-refractivity contribution < 1.29 is 4.74 Å². The predicted molar refractivity (Wildman–Crippen MR) is 65.6 cm³/mol. The van der Waals surface area contributed by atoms with Gasteiger partial charge < -0.3 is 4.74 Å². The molecule has 2 rings (SSSR count). The Morgan fingerprint density at radius 1 is 0.933 bits per heavy atom. The molecule has 0 bridgehead atoms. The minimum absolute atomic E-state index is 0.906. The van der Waals surface area contributed by atoms with Gasteiger partial charge in [-0.2, -0.15) is 0 Å². The monoisotopic (exact) mass is 224 g/mol. The second-order valence-corrected chi connectivity index (χ2v) is 5.25. The number of thiophene rings is 1. The van der Waals surface area contributed by atoms with Gasteiger partial charge >= 0.3 is 0 Å². The fourth-order valence-corrected chi connectivity index (χ4v) is 3.09. The zero-order chi connectivity index (χ0) is 10.3. The van der Waals surface area contributed by atoms with Gasteiger partial charge in [0, 0.05) is 11.5 Å². The lowest BCUT2D eigenvalue weighted by molar-refractivity contribution is 0.132. The zero-order valence-electron chi connectivity index (χ0n) is 9.34. The largest absolute Gasteiger partial charge is 0.381 e. The highest BCUT2D eigenvalue weighted by atomic mass is 32.1. The standard InChI is InChI=1S/C13H20OS/c1-2-4-6-13-12(8-11-15-13)7-10-14-9-5-3-1/h8,11H,1-7,9-10H2. The average Bonchev–Trinajstić information content (AvgIpc) is 2.65. The molecule has 0 amide bonds. The number of rotatable bonds is 0. The molecule has 0 unspecified atom stereocenters. The van der Waals surface area contributed by atoms with Crippen LogP contribution in [0.25, 0.3) is 0 Å². The molecule has 0 fully saturated rings. The SMILES string of the molecule is c1cc2c(s1)CCCCCCCOCC2. The van der Waals surface area contributed by atoms with Crippen molar-refractivity contribution in [3.05, 3.63) is 21.9 Å². The molecule has 1 nitrogen and oxygen atoms in total. The summed E-state index contributed by atoms with van der Waals surface area (Å²) in [5, 5.41) is 2.23. The van der Waals surface area contributed by atoms with Crippen LogP contribution in [-0.4, -0.2) is 13.2 Å². The minimum Gasteiger partial charge on any atom is -0.381 e. The van der Waals surface area contributed by atoms with Gasteiger partial charge in [-0.25, -0.2) is 0 Å². The third kappa shape index (κ3) is 3.62. The molecule has 0 aromatic carbocycles. The molecular weight excluding hydrogens is 204 g/mol. The van der Waals surface area contributed by atoms with E-state index in [0.717, 1.165) is 19.6 Å². The lowest BCUT2D eigenvalue weighted by Gasteiger charge is -2.08. The number of aryl methyl sites for hydroxylation is 1. The fourth-order valence-electron chi connectivity index (χ4n) is 2.11. The fraction of sp³-hybridized carbons (Fsp3) is 0.692. The molecule has 1 aliphatic heterocycles. The Bertz CT molecular complexity index is 253. The van der Waals surface area contributed by atoms with Crippen molar-refractivity contribution in [2.24, 2.45) is 0 Å². The van der Waals surface area contributed by atoms with Crippen LogP contribution >= 0.6 is 11.3 Å². The van der Waals surface area contributed by atoms with Gasteiger partial charge in [0.05, 0.1) is 6.61 Å². The number of hydrogen-bond acceptors (Lipinski definition) is 2. The van der Waals surface area contributed by atoms with Gasteiger partial charge in [-0.1, -0.05) is 19.3 Å². The summed E-state index contributed by atoms with van der Waals surface area (Å²) >= 11 is 1.92. The van der Waals surface area contributed by atoms with Crippen LogP contribution in [0.2, 0.25) is 0 Å². The summed E-state index contributed by atoms with van der Waals surface area (Å²) in [6.07, 6.45) is 9.12. The Morgan fingerprint density at radius 3 is 2.80 bits per heavy atom. The highest BCUT2D eigenvalue weighted by Gasteiger charge is 2.05. The molecule has 0 spiro atoms. The number of hydrogen-bond donors (Lipinski definition) is 0. The third-order valence-corrected chi connectivity index (χ3v) is 4.07. The Labute approximate surface area is 96.5 Å². The molecule has 0 aliphatic carbocycles. The van der Waals surface area contributed by atoms with E-state index in [0.29, 0.717) is 0 Å². The van der Waals surface area contributed by atoms with Crippen molar-refractivity contribution in [1.82, 2.24) is 0 Å². The second kappa shape index (κ2) is 6.29. The summed E-state index contributed by atoms with van der Waals surface area (Å²) in [5.41, 5.74) is 1.53. The summed E-state index contributed by atoms with van der Waals surface area (Å²) in [7, 11) is 0. The molecular formula is C13H20OS. The van der Waals surface area contributed by atoms with E-state index in [-0.39, 0.29) is 0 Å². The summed E-state index contributed by atoms with van der Waals surface area (Å²) in [5.74, 6) is 0. The molecule has 2 heteroatoms. The number of fused-ring (bicyclic) bond motifs is 1. The molecule has 1 aliphatic rings. The van der Waals surface area contributed by atoms with Crippen molar-refractivity contribution in [1.29, 1.82) is 0 Å². The maximum Gasteiger partial charge on any atom is 0.0506 e. The molecule has 0 N–H and O–H groups in total. The van der Waals surface area contributed by atoms with E-state index in [2.05, 4.69) is 11.4 Å². The van der Waals surface area contributed by atoms with E-state index in [9.17, 15) is 0 Å². The van der Waals surface area contributed by atoms with Crippen molar-refractivity contribution in [2.75, 3.05) is 13.2 Å². The van der Waals surface area contributed by atoms with Crippen LogP contribution in [0.3, 0.4) is 0 Å². The van der Waals surface area contributed by atoms with Crippen LogP contribution in [0, 0.1) is 0 Å². The van der Waals surface area contributed by atoms with E-state index >= 15 is 0 Å².